The van der Waals surface area contributed by atoms with Gasteiger partial charge in [0.25, 0.3) is 0 Å². The molecule has 1 atom stereocenters. The van der Waals surface area contributed by atoms with Crippen molar-refractivity contribution in [2.45, 2.75) is 39.0 Å². The molecule has 0 heterocycles. The lowest BCUT2D eigenvalue weighted by Gasteiger charge is -2.16. The highest BCUT2D eigenvalue weighted by molar-refractivity contribution is 5.71. The van der Waals surface area contributed by atoms with Crippen molar-refractivity contribution >= 4 is 11.9 Å². The van der Waals surface area contributed by atoms with E-state index < -0.39 is 0 Å². The summed E-state index contributed by atoms with van der Waals surface area (Å²) < 4.78 is 9.92. The monoisotopic (exact) mass is 278 g/mol. The van der Waals surface area contributed by atoms with Crippen LogP contribution in [0.2, 0.25) is 0 Å². The van der Waals surface area contributed by atoms with Crippen molar-refractivity contribution in [2.75, 3.05) is 13.2 Å². The van der Waals surface area contributed by atoms with Gasteiger partial charge in [-0.2, -0.15) is 0 Å². The summed E-state index contributed by atoms with van der Waals surface area (Å²) in [5, 5.41) is 0. The summed E-state index contributed by atoms with van der Waals surface area (Å²) in [6, 6.07) is 9.72. The Balaban J connectivity index is 2.64. The summed E-state index contributed by atoms with van der Waals surface area (Å²) in [6.07, 6.45) is 1.19. The highest BCUT2D eigenvalue weighted by Gasteiger charge is 2.18. The summed E-state index contributed by atoms with van der Waals surface area (Å²) in [5.41, 5.74) is 1.05. The van der Waals surface area contributed by atoms with Crippen LogP contribution < -0.4 is 0 Å². The number of esters is 2. The van der Waals surface area contributed by atoms with Gasteiger partial charge in [-0.25, -0.2) is 0 Å². The molecule has 0 aromatic heterocycles. The molecule has 0 saturated heterocycles. The van der Waals surface area contributed by atoms with Gasteiger partial charge in [0.05, 0.1) is 19.6 Å². The van der Waals surface area contributed by atoms with Crippen LogP contribution in [-0.4, -0.2) is 25.2 Å². The minimum atomic E-state index is -0.231. The van der Waals surface area contributed by atoms with Crippen LogP contribution in [0.3, 0.4) is 0 Å². The van der Waals surface area contributed by atoms with Gasteiger partial charge in [0.1, 0.15) is 0 Å². The molecule has 4 nitrogen and oxygen atoms in total. The molecule has 0 aliphatic rings. The lowest BCUT2D eigenvalue weighted by Crippen LogP contribution is -2.13. The van der Waals surface area contributed by atoms with E-state index in [1.807, 2.05) is 30.3 Å². The van der Waals surface area contributed by atoms with Crippen molar-refractivity contribution in [1.29, 1.82) is 0 Å². The Morgan fingerprint density at radius 2 is 1.60 bits per heavy atom. The number of benzene rings is 1. The highest BCUT2D eigenvalue weighted by atomic mass is 16.5. The summed E-state index contributed by atoms with van der Waals surface area (Å²) in [7, 11) is 0. The SMILES string of the molecule is CCOC(=O)CCC(CC(=O)OCC)c1ccccc1. The second kappa shape index (κ2) is 9.13. The molecule has 0 N–H and O–H groups in total. The molecule has 20 heavy (non-hydrogen) atoms. The zero-order chi connectivity index (χ0) is 14.8. The number of ether oxygens (including phenoxy) is 2. The van der Waals surface area contributed by atoms with Crippen molar-refractivity contribution in [2.24, 2.45) is 0 Å². The lowest BCUT2D eigenvalue weighted by molar-refractivity contribution is -0.145. The minimum absolute atomic E-state index is 0.0142. The van der Waals surface area contributed by atoms with E-state index in [9.17, 15) is 9.59 Å². The van der Waals surface area contributed by atoms with E-state index >= 15 is 0 Å². The third-order valence-electron chi connectivity index (χ3n) is 2.99. The first kappa shape index (κ1) is 16.2. The summed E-state index contributed by atoms with van der Waals surface area (Å²) in [6.45, 7) is 4.32. The van der Waals surface area contributed by atoms with Crippen molar-refractivity contribution in [3.63, 3.8) is 0 Å². The summed E-state index contributed by atoms with van der Waals surface area (Å²) in [4.78, 5) is 23.1. The van der Waals surface area contributed by atoms with E-state index in [2.05, 4.69) is 0 Å². The maximum Gasteiger partial charge on any atom is 0.306 e. The van der Waals surface area contributed by atoms with Crippen molar-refractivity contribution in [3.05, 3.63) is 35.9 Å². The maximum absolute atomic E-state index is 11.7. The number of carbonyl (C=O) groups excluding carboxylic acids is 2. The smallest absolute Gasteiger partial charge is 0.306 e. The predicted molar refractivity (Wildman–Crippen MR) is 76.3 cm³/mol. The van der Waals surface area contributed by atoms with Gasteiger partial charge in [-0.05, 0) is 31.7 Å². The molecular formula is C16H22O4. The van der Waals surface area contributed by atoms with E-state index in [0.717, 1.165) is 5.56 Å². The van der Waals surface area contributed by atoms with E-state index in [-0.39, 0.29) is 24.3 Å². The Bertz CT molecular complexity index is 414. The Hall–Kier alpha value is -1.84. The summed E-state index contributed by atoms with van der Waals surface area (Å²) in [5.74, 6) is -0.470. The third kappa shape index (κ3) is 5.87. The Labute approximate surface area is 120 Å². The van der Waals surface area contributed by atoms with Gasteiger partial charge < -0.3 is 9.47 Å². The third-order valence-corrected chi connectivity index (χ3v) is 2.99. The molecule has 4 heteroatoms. The van der Waals surface area contributed by atoms with E-state index in [4.69, 9.17) is 9.47 Å². The fourth-order valence-electron chi connectivity index (χ4n) is 2.06. The molecular weight excluding hydrogens is 256 g/mol. The van der Waals surface area contributed by atoms with Gasteiger partial charge >= 0.3 is 11.9 Å². The zero-order valence-electron chi connectivity index (χ0n) is 12.1. The van der Waals surface area contributed by atoms with Crippen molar-refractivity contribution in [3.8, 4) is 0 Å². The summed E-state index contributed by atoms with van der Waals surface area (Å²) >= 11 is 0. The van der Waals surface area contributed by atoms with Crippen molar-refractivity contribution < 1.29 is 19.1 Å². The average Bonchev–Trinajstić information content (AvgIpc) is 2.45. The minimum Gasteiger partial charge on any atom is -0.466 e. The van der Waals surface area contributed by atoms with Gasteiger partial charge in [-0.3, -0.25) is 9.59 Å². The second-order valence-corrected chi connectivity index (χ2v) is 4.46. The fraction of sp³-hybridized carbons (Fsp3) is 0.500. The standard InChI is InChI=1S/C16H22O4/c1-3-19-15(17)11-10-14(12-16(18)20-4-2)13-8-6-5-7-9-13/h5-9,14H,3-4,10-12H2,1-2H3. The number of hydrogen-bond donors (Lipinski definition) is 0. The predicted octanol–water partition coefficient (Wildman–Crippen LogP) is 3.07. The first-order valence-electron chi connectivity index (χ1n) is 7.03. The topological polar surface area (TPSA) is 52.6 Å². The van der Waals surface area contributed by atoms with Crippen LogP contribution in [0.4, 0.5) is 0 Å². The maximum atomic E-state index is 11.7. The van der Waals surface area contributed by atoms with E-state index in [1.54, 1.807) is 13.8 Å². The van der Waals surface area contributed by atoms with E-state index in [0.29, 0.717) is 26.1 Å². The van der Waals surface area contributed by atoms with Crippen LogP contribution in [-0.2, 0) is 19.1 Å². The van der Waals surface area contributed by atoms with Gasteiger partial charge in [-0.15, -0.1) is 0 Å². The molecule has 1 unspecified atom stereocenters. The molecule has 1 rings (SSSR count). The van der Waals surface area contributed by atoms with Crippen LogP contribution in [0.5, 0.6) is 0 Å². The largest absolute Gasteiger partial charge is 0.466 e. The Morgan fingerprint density at radius 1 is 1.00 bits per heavy atom. The van der Waals surface area contributed by atoms with Gasteiger partial charge in [0, 0.05) is 6.42 Å². The second-order valence-electron chi connectivity index (χ2n) is 4.46. The number of rotatable bonds is 8. The molecule has 110 valence electrons. The average molecular weight is 278 g/mol. The number of hydrogen-bond acceptors (Lipinski definition) is 4. The molecule has 0 spiro atoms. The van der Waals surface area contributed by atoms with Crippen LogP contribution in [0, 0.1) is 0 Å². The lowest BCUT2D eigenvalue weighted by atomic mass is 9.91. The molecule has 1 aromatic rings. The quantitative estimate of drug-likeness (QED) is 0.686. The van der Waals surface area contributed by atoms with Crippen LogP contribution >= 0.6 is 0 Å². The molecule has 0 fully saturated rings. The van der Waals surface area contributed by atoms with Gasteiger partial charge in [0.15, 0.2) is 0 Å². The molecule has 1 aromatic carbocycles. The molecule has 0 radical (unpaired) electrons. The molecule has 0 aliphatic carbocycles. The van der Waals surface area contributed by atoms with Gasteiger partial charge in [-0.1, -0.05) is 30.3 Å². The Morgan fingerprint density at radius 3 is 2.20 bits per heavy atom. The first-order valence-corrected chi connectivity index (χ1v) is 7.03. The normalized spacial score (nSPS) is 11.7. The zero-order valence-corrected chi connectivity index (χ0v) is 12.1. The molecule has 0 amide bonds. The van der Waals surface area contributed by atoms with Gasteiger partial charge in [0.2, 0.25) is 0 Å². The molecule has 0 aliphatic heterocycles. The van der Waals surface area contributed by atoms with Crippen LogP contribution in [0.15, 0.2) is 30.3 Å². The molecule has 0 bridgehead atoms. The fourth-order valence-corrected chi connectivity index (χ4v) is 2.06. The van der Waals surface area contributed by atoms with Crippen molar-refractivity contribution in [1.82, 2.24) is 0 Å². The first-order chi connectivity index (χ1) is 9.67. The Kier molecular flexibility index (Phi) is 7.40. The number of carbonyl (C=O) groups is 2. The van der Waals surface area contributed by atoms with E-state index in [1.165, 1.54) is 0 Å². The highest BCUT2D eigenvalue weighted by Crippen LogP contribution is 2.25. The molecule has 0 saturated carbocycles. The van der Waals surface area contributed by atoms with Crippen LogP contribution in [0.1, 0.15) is 44.6 Å². The van der Waals surface area contributed by atoms with Crippen LogP contribution in [0.25, 0.3) is 0 Å².